The van der Waals surface area contributed by atoms with Gasteiger partial charge < -0.3 is 14.8 Å². The molecule has 11 heteroatoms. The third kappa shape index (κ3) is 5.61. The molecule has 1 amide bonds. The van der Waals surface area contributed by atoms with Crippen molar-refractivity contribution in [1.82, 2.24) is 4.31 Å². The van der Waals surface area contributed by atoms with Gasteiger partial charge in [-0.2, -0.15) is 4.31 Å². The van der Waals surface area contributed by atoms with Gasteiger partial charge in [-0.15, -0.1) is 0 Å². The van der Waals surface area contributed by atoms with Crippen molar-refractivity contribution >= 4 is 27.3 Å². The van der Waals surface area contributed by atoms with E-state index < -0.39 is 20.9 Å². The number of carbonyl (C=O) groups excluding carboxylic acids is 1. The second kappa shape index (κ2) is 10.1. The molecular formula is C21H25N3O7S. The van der Waals surface area contributed by atoms with E-state index in [1.807, 2.05) is 0 Å². The minimum Gasteiger partial charge on any atom is -0.489 e. The molecule has 1 aliphatic heterocycles. The molecule has 2 aromatic carbocycles. The molecule has 0 unspecified atom stereocenters. The highest BCUT2D eigenvalue weighted by Crippen LogP contribution is 2.31. The lowest BCUT2D eigenvalue weighted by molar-refractivity contribution is -0.385. The van der Waals surface area contributed by atoms with Crippen molar-refractivity contribution < 1.29 is 27.6 Å². The Morgan fingerprint density at radius 1 is 1.22 bits per heavy atom. The number of sulfonamides is 1. The number of nitro groups is 1. The van der Waals surface area contributed by atoms with E-state index in [0.29, 0.717) is 19.0 Å². The molecule has 1 N–H and O–H groups in total. The molecule has 0 bridgehead atoms. The summed E-state index contributed by atoms with van der Waals surface area (Å²) in [5.74, 6) is -0.231. The van der Waals surface area contributed by atoms with Crippen molar-refractivity contribution in [2.45, 2.75) is 31.3 Å². The number of nitrogens with one attached hydrogen (secondary N) is 1. The van der Waals surface area contributed by atoms with E-state index >= 15 is 0 Å². The number of anilines is 1. The topological polar surface area (TPSA) is 128 Å². The molecule has 0 radical (unpaired) electrons. The Balaban J connectivity index is 1.89. The SMILES string of the molecule is CC(C)Oc1ccc(S(=O)(=O)N2CCOCC2)cc1NC(=O)Cc1ccccc1[N+](=O)[O-]. The number of ether oxygens (including phenoxy) is 2. The zero-order valence-electron chi connectivity index (χ0n) is 17.8. The largest absolute Gasteiger partial charge is 0.489 e. The van der Waals surface area contributed by atoms with Crippen LogP contribution < -0.4 is 10.1 Å². The van der Waals surface area contributed by atoms with Crippen LogP contribution in [0.25, 0.3) is 0 Å². The van der Waals surface area contributed by atoms with E-state index in [1.54, 1.807) is 19.9 Å². The summed E-state index contributed by atoms with van der Waals surface area (Å²) in [5, 5.41) is 13.9. The Morgan fingerprint density at radius 2 is 1.91 bits per heavy atom. The third-order valence-corrected chi connectivity index (χ3v) is 6.63. The van der Waals surface area contributed by atoms with Crippen LogP contribution in [0.3, 0.4) is 0 Å². The Labute approximate surface area is 186 Å². The molecule has 0 aliphatic carbocycles. The number of para-hydroxylation sites is 1. The van der Waals surface area contributed by atoms with Gasteiger partial charge in [-0.25, -0.2) is 8.42 Å². The summed E-state index contributed by atoms with van der Waals surface area (Å²) in [6, 6.07) is 10.2. The molecule has 1 saturated heterocycles. The molecule has 0 aromatic heterocycles. The predicted molar refractivity (Wildman–Crippen MR) is 117 cm³/mol. The van der Waals surface area contributed by atoms with E-state index in [-0.39, 0.29) is 47.4 Å². The highest BCUT2D eigenvalue weighted by Gasteiger charge is 2.27. The zero-order valence-corrected chi connectivity index (χ0v) is 18.6. The molecule has 172 valence electrons. The number of rotatable bonds is 8. The van der Waals surface area contributed by atoms with Gasteiger partial charge in [0.2, 0.25) is 15.9 Å². The van der Waals surface area contributed by atoms with Crippen LogP contribution in [0.15, 0.2) is 47.4 Å². The number of hydrogen-bond acceptors (Lipinski definition) is 7. The zero-order chi connectivity index (χ0) is 23.3. The molecule has 10 nitrogen and oxygen atoms in total. The molecular weight excluding hydrogens is 438 g/mol. The molecule has 0 spiro atoms. The normalized spacial score (nSPS) is 14.8. The van der Waals surface area contributed by atoms with Crippen molar-refractivity contribution in [1.29, 1.82) is 0 Å². The van der Waals surface area contributed by atoms with Crippen molar-refractivity contribution in [3.05, 3.63) is 58.1 Å². The molecule has 2 aromatic rings. The van der Waals surface area contributed by atoms with E-state index in [0.717, 1.165) is 0 Å². The monoisotopic (exact) mass is 463 g/mol. The maximum absolute atomic E-state index is 13.0. The van der Waals surface area contributed by atoms with E-state index in [1.165, 1.54) is 40.7 Å². The fraction of sp³-hybridized carbons (Fsp3) is 0.381. The van der Waals surface area contributed by atoms with Gasteiger partial charge in [0.1, 0.15) is 5.75 Å². The van der Waals surface area contributed by atoms with Gasteiger partial charge in [0.25, 0.3) is 5.69 Å². The number of hydrogen-bond donors (Lipinski definition) is 1. The second-order valence-electron chi connectivity index (χ2n) is 7.45. The van der Waals surface area contributed by atoms with Crippen LogP contribution >= 0.6 is 0 Å². The number of nitrogens with zero attached hydrogens (tertiary/aromatic N) is 2. The second-order valence-corrected chi connectivity index (χ2v) is 9.39. The summed E-state index contributed by atoms with van der Waals surface area (Å²) in [4.78, 5) is 23.4. The van der Waals surface area contributed by atoms with Crippen molar-refractivity contribution in [2.75, 3.05) is 31.6 Å². The Kier molecular flexibility index (Phi) is 7.44. The van der Waals surface area contributed by atoms with E-state index in [2.05, 4.69) is 5.32 Å². The molecule has 32 heavy (non-hydrogen) atoms. The minimum absolute atomic E-state index is 0.0106. The highest BCUT2D eigenvalue weighted by molar-refractivity contribution is 7.89. The van der Waals surface area contributed by atoms with Crippen molar-refractivity contribution in [3.8, 4) is 5.75 Å². The fourth-order valence-corrected chi connectivity index (χ4v) is 4.70. The summed E-state index contributed by atoms with van der Waals surface area (Å²) in [5.41, 5.74) is 0.264. The number of nitro benzene ring substituents is 1. The lowest BCUT2D eigenvalue weighted by Crippen LogP contribution is -2.40. The van der Waals surface area contributed by atoms with Gasteiger partial charge in [-0.3, -0.25) is 14.9 Å². The summed E-state index contributed by atoms with van der Waals surface area (Å²) in [6.07, 6.45) is -0.471. The van der Waals surface area contributed by atoms with Crippen LogP contribution in [-0.2, 0) is 26.0 Å². The third-order valence-electron chi connectivity index (χ3n) is 4.73. The highest BCUT2D eigenvalue weighted by atomic mass is 32.2. The average Bonchev–Trinajstić information content (AvgIpc) is 2.75. The van der Waals surface area contributed by atoms with Crippen molar-refractivity contribution in [2.24, 2.45) is 0 Å². The van der Waals surface area contributed by atoms with Gasteiger partial charge in [0.15, 0.2) is 0 Å². The Morgan fingerprint density at radius 3 is 2.56 bits per heavy atom. The van der Waals surface area contributed by atoms with Gasteiger partial charge in [0.05, 0.1) is 41.2 Å². The van der Waals surface area contributed by atoms with Crippen LogP contribution in [0.1, 0.15) is 19.4 Å². The van der Waals surface area contributed by atoms with Crippen molar-refractivity contribution in [3.63, 3.8) is 0 Å². The smallest absolute Gasteiger partial charge is 0.273 e. The van der Waals surface area contributed by atoms with Gasteiger partial charge in [0, 0.05) is 24.7 Å². The number of benzene rings is 2. The number of amides is 1. The summed E-state index contributed by atoms with van der Waals surface area (Å²) < 4.78 is 38.3. The quantitative estimate of drug-likeness (QED) is 0.471. The first-order chi connectivity index (χ1) is 15.2. The predicted octanol–water partition coefficient (Wildman–Crippen LogP) is 2.58. The van der Waals surface area contributed by atoms with E-state index in [9.17, 15) is 23.3 Å². The first-order valence-corrected chi connectivity index (χ1v) is 11.5. The van der Waals surface area contributed by atoms with Crippen LogP contribution in [-0.4, -0.2) is 56.0 Å². The van der Waals surface area contributed by atoms with Gasteiger partial charge in [-0.05, 0) is 32.0 Å². The molecule has 1 aliphatic rings. The first kappa shape index (κ1) is 23.6. The molecule has 3 rings (SSSR count). The molecule has 0 saturated carbocycles. The van der Waals surface area contributed by atoms with Crippen LogP contribution in [0.2, 0.25) is 0 Å². The fourth-order valence-electron chi connectivity index (χ4n) is 3.27. The maximum Gasteiger partial charge on any atom is 0.273 e. The number of morpholine rings is 1. The lowest BCUT2D eigenvalue weighted by Gasteiger charge is -2.26. The minimum atomic E-state index is -3.79. The van der Waals surface area contributed by atoms with Crippen LogP contribution in [0.4, 0.5) is 11.4 Å². The van der Waals surface area contributed by atoms with E-state index in [4.69, 9.17) is 9.47 Å². The summed E-state index contributed by atoms with van der Waals surface area (Å²) >= 11 is 0. The lowest BCUT2D eigenvalue weighted by atomic mass is 10.1. The standard InChI is InChI=1S/C21H25N3O7S/c1-15(2)31-20-8-7-17(32(28,29)23-9-11-30-12-10-23)14-18(20)22-21(25)13-16-5-3-4-6-19(16)24(26)27/h3-8,14-15H,9-13H2,1-2H3,(H,22,25). The number of carbonyl (C=O) groups is 1. The molecule has 1 fully saturated rings. The first-order valence-electron chi connectivity index (χ1n) is 10.1. The molecule has 0 atom stereocenters. The van der Waals surface area contributed by atoms with Gasteiger partial charge in [-0.1, -0.05) is 18.2 Å². The Bertz CT molecular complexity index is 1100. The van der Waals surface area contributed by atoms with Crippen LogP contribution in [0.5, 0.6) is 5.75 Å². The van der Waals surface area contributed by atoms with Crippen LogP contribution in [0, 0.1) is 10.1 Å². The maximum atomic E-state index is 13.0. The Hall–Kier alpha value is -3.02. The van der Waals surface area contributed by atoms with Gasteiger partial charge >= 0.3 is 0 Å². The average molecular weight is 464 g/mol. The summed E-state index contributed by atoms with van der Waals surface area (Å²) in [6.45, 7) is 4.72. The summed E-state index contributed by atoms with van der Waals surface area (Å²) in [7, 11) is -3.79. The molecule has 1 heterocycles.